The summed E-state index contributed by atoms with van der Waals surface area (Å²) in [6, 6.07) is 7.35. The molecule has 1 aromatic rings. The van der Waals surface area contributed by atoms with Gasteiger partial charge >= 0.3 is 0 Å². The summed E-state index contributed by atoms with van der Waals surface area (Å²) in [6.45, 7) is 13.5. The molecule has 0 radical (unpaired) electrons. The second-order valence-corrected chi connectivity index (χ2v) is 6.43. The number of benzene rings is 1. The van der Waals surface area contributed by atoms with Gasteiger partial charge in [-0.05, 0) is 58.2 Å². The Morgan fingerprint density at radius 3 is 2.72 bits per heavy atom. The zero-order valence-electron chi connectivity index (χ0n) is 12.4. The van der Waals surface area contributed by atoms with E-state index in [1.165, 1.54) is 23.2 Å². The van der Waals surface area contributed by atoms with Crippen LogP contribution >= 0.6 is 0 Å². The van der Waals surface area contributed by atoms with Crippen molar-refractivity contribution in [3.05, 3.63) is 29.3 Å². The second-order valence-electron chi connectivity index (χ2n) is 6.43. The van der Waals surface area contributed by atoms with Gasteiger partial charge in [0.15, 0.2) is 0 Å². The van der Waals surface area contributed by atoms with Gasteiger partial charge in [-0.3, -0.25) is 0 Å². The van der Waals surface area contributed by atoms with E-state index in [4.69, 9.17) is 0 Å². The van der Waals surface area contributed by atoms with Crippen molar-refractivity contribution in [1.82, 2.24) is 5.32 Å². The van der Waals surface area contributed by atoms with E-state index in [0.29, 0.717) is 6.04 Å². The number of aryl methyl sites for hydroxylation is 2. The minimum Gasteiger partial charge on any atom is -0.369 e. The second kappa shape index (κ2) is 4.93. The van der Waals surface area contributed by atoms with Crippen LogP contribution in [0.5, 0.6) is 0 Å². The van der Waals surface area contributed by atoms with E-state index in [9.17, 15) is 0 Å². The van der Waals surface area contributed by atoms with Crippen molar-refractivity contribution in [1.29, 1.82) is 0 Å². The van der Waals surface area contributed by atoms with E-state index in [1.807, 2.05) is 0 Å². The van der Waals surface area contributed by atoms with Crippen molar-refractivity contribution in [2.45, 2.75) is 52.6 Å². The SMILES string of the molecule is Cc1ccc(C)c(N2CCC(C)NC(C)(C)C2)c1. The molecule has 1 heterocycles. The minimum atomic E-state index is 0.173. The molecule has 1 fully saturated rings. The highest BCUT2D eigenvalue weighted by atomic mass is 15.2. The minimum absolute atomic E-state index is 0.173. The van der Waals surface area contributed by atoms with Crippen LogP contribution in [0.3, 0.4) is 0 Å². The highest BCUT2D eigenvalue weighted by molar-refractivity contribution is 5.55. The number of rotatable bonds is 1. The highest BCUT2D eigenvalue weighted by Gasteiger charge is 2.27. The fourth-order valence-corrected chi connectivity index (χ4v) is 2.96. The van der Waals surface area contributed by atoms with E-state index in [1.54, 1.807) is 0 Å². The summed E-state index contributed by atoms with van der Waals surface area (Å²) >= 11 is 0. The van der Waals surface area contributed by atoms with E-state index in [2.05, 4.69) is 63.0 Å². The van der Waals surface area contributed by atoms with Gasteiger partial charge in [0.05, 0.1) is 0 Å². The van der Waals surface area contributed by atoms with Crippen molar-refractivity contribution in [2.24, 2.45) is 0 Å². The summed E-state index contributed by atoms with van der Waals surface area (Å²) in [5, 5.41) is 3.71. The number of hydrogen-bond acceptors (Lipinski definition) is 2. The van der Waals surface area contributed by atoms with E-state index in [-0.39, 0.29) is 5.54 Å². The highest BCUT2D eigenvalue weighted by Crippen LogP contribution is 2.25. The first-order valence-electron chi connectivity index (χ1n) is 6.97. The molecule has 0 aliphatic carbocycles. The van der Waals surface area contributed by atoms with Gasteiger partial charge in [0.25, 0.3) is 0 Å². The first-order valence-corrected chi connectivity index (χ1v) is 6.97. The average molecular weight is 246 g/mol. The van der Waals surface area contributed by atoms with Gasteiger partial charge in [0.2, 0.25) is 0 Å². The topological polar surface area (TPSA) is 15.3 Å². The molecule has 0 spiro atoms. The van der Waals surface area contributed by atoms with Crippen molar-refractivity contribution in [3.63, 3.8) is 0 Å². The fraction of sp³-hybridized carbons (Fsp3) is 0.625. The van der Waals surface area contributed by atoms with Crippen LogP contribution in [-0.2, 0) is 0 Å². The Morgan fingerprint density at radius 2 is 2.00 bits per heavy atom. The van der Waals surface area contributed by atoms with Crippen molar-refractivity contribution in [2.75, 3.05) is 18.0 Å². The van der Waals surface area contributed by atoms with Gasteiger partial charge in [0, 0.05) is 30.4 Å². The predicted octanol–water partition coefficient (Wildman–Crippen LogP) is 3.27. The molecule has 1 atom stereocenters. The van der Waals surface area contributed by atoms with Gasteiger partial charge in [-0.25, -0.2) is 0 Å². The fourth-order valence-electron chi connectivity index (χ4n) is 2.96. The Morgan fingerprint density at radius 1 is 1.28 bits per heavy atom. The lowest BCUT2D eigenvalue weighted by Gasteiger charge is -2.33. The third-order valence-corrected chi connectivity index (χ3v) is 3.76. The first kappa shape index (κ1) is 13.4. The zero-order valence-corrected chi connectivity index (χ0v) is 12.4. The smallest absolute Gasteiger partial charge is 0.0399 e. The molecule has 0 amide bonds. The van der Waals surface area contributed by atoms with E-state index in [0.717, 1.165) is 13.1 Å². The van der Waals surface area contributed by atoms with Crippen LogP contribution in [0.2, 0.25) is 0 Å². The number of nitrogens with zero attached hydrogens (tertiary/aromatic N) is 1. The van der Waals surface area contributed by atoms with Crippen molar-refractivity contribution in [3.8, 4) is 0 Å². The lowest BCUT2D eigenvalue weighted by atomic mass is 10.0. The molecule has 0 saturated carbocycles. The van der Waals surface area contributed by atoms with Crippen LogP contribution in [-0.4, -0.2) is 24.7 Å². The Balaban J connectivity index is 2.29. The molecule has 1 unspecified atom stereocenters. The van der Waals surface area contributed by atoms with E-state index >= 15 is 0 Å². The van der Waals surface area contributed by atoms with E-state index < -0.39 is 0 Å². The van der Waals surface area contributed by atoms with Crippen molar-refractivity contribution >= 4 is 5.69 Å². The van der Waals surface area contributed by atoms with Crippen LogP contribution < -0.4 is 10.2 Å². The molecular weight excluding hydrogens is 220 g/mol. The Kier molecular flexibility index (Phi) is 3.67. The Hall–Kier alpha value is -1.02. The monoisotopic (exact) mass is 246 g/mol. The van der Waals surface area contributed by atoms with Crippen LogP contribution in [0.1, 0.15) is 38.3 Å². The summed E-state index contributed by atoms with van der Waals surface area (Å²) in [5.74, 6) is 0. The molecule has 1 saturated heterocycles. The van der Waals surface area contributed by atoms with Gasteiger partial charge in [-0.15, -0.1) is 0 Å². The molecule has 1 aliphatic rings. The molecule has 2 nitrogen and oxygen atoms in total. The maximum absolute atomic E-state index is 3.71. The summed E-state index contributed by atoms with van der Waals surface area (Å²) in [6.07, 6.45) is 1.21. The largest absolute Gasteiger partial charge is 0.369 e. The van der Waals surface area contributed by atoms with Crippen LogP contribution in [0.4, 0.5) is 5.69 Å². The third kappa shape index (κ3) is 3.05. The van der Waals surface area contributed by atoms with Gasteiger partial charge in [-0.1, -0.05) is 12.1 Å². The quantitative estimate of drug-likeness (QED) is 0.818. The molecule has 1 N–H and O–H groups in total. The normalized spacial score (nSPS) is 23.8. The standard InChI is InChI=1S/C16H26N2/c1-12-6-7-13(2)15(10-12)18-9-8-14(3)17-16(4,5)11-18/h6-7,10,14,17H,8-9,11H2,1-5H3. The van der Waals surface area contributed by atoms with Crippen LogP contribution in [0, 0.1) is 13.8 Å². The molecule has 18 heavy (non-hydrogen) atoms. The summed E-state index contributed by atoms with van der Waals surface area (Å²) in [4.78, 5) is 2.54. The predicted molar refractivity (Wildman–Crippen MR) is 79.4 cm³/mol. The molecule has 2 rings (SSSR count). The lowest BCUT2D eigenvalue weighted by Crippen LogP contribution is -2.49. The molecule has 1 aromatic carbocycles. The van der Waals surface area contributed by atoms with Gasteiger partial charge < -0.3 is 10.2 Å². The zero-order chi connectivity index (χ0) is 13.3. The average Bonchev–Trinajstić information content (AvgIpc) is 2.39. The molecule has 0 aromatic heterocycles. The van der Waals surface area contributed by atoms with Gasteiger partial charge in [-0.2, -0.15) is 0 Å². The molecular formula is C16H26N2. The maximum atomic E-state index is 3.71. The molecule has 0 bridgehead atoms. The summed E-state index contributed by atoms with van der Waals surface area (Å²) in [7, 11) is 0. The summed E-state index contributed by atoms with van der Waals surface area (Å²) in [5.41, 5.74) is 4.30. The first-order chi connectivity index (χ1) is 8.37. The van der Waals surface area contributed by atoms with Crippen LogP contribution in [0.15, 0.2) is 18.2 Å². The Bertz CT molecular complexity index is 423. The lowest BCUT2D eigenvalue weighted by molar-refractivity contribution is 0.368. The third-order valence-electron chi connectivity index (χ3n) is 3.76. The van der Waals surface area contributed by atoms with Crippen LogP contribution in [0.25, 0.3) is 0 Å². The number of anilines is 1. The molecule has 100 valence electrons. The maximum Gasteiger partial charge on any atom is 0.0399 e. The van der Waals surface area contributed by atoms with Crippen molar-refractivity contribution < 1.29 is 0 Å². The number of hydrogen-bond donors (Lipinski definition) is 1. The Labute approximate surface area is 111 Å². The molecule has 2 heteroatoms. The summed E-state index contributed by atoms with van der Waals surface area (Å²) < 4.78 is 0. The molecule has 1 aliphatic heterocycles. The van der Waals surface area contributed by atoms with Gasteiger partial charge in [0.1, 0.15) is 0 Å². The number of nitrogens with one attached hydrogen (secondary N) is 1.